The number of esters is 1. The highest BCUT2D eigenvalue weighted by molar-refractivity contribution is 5.97. The molecule has 1 amide bonds. The van der Waals surface area contributed by atoms with Gasteiger partial charge in [-0.15, -0.1) is 0 Å². The van der Waals surface area contributed by atoms with Crippen LogP contribution in [0.15, 0.2) is 54.6 Å². The van der Waals surface area contributed by atoms with Gasteiger partial charge in [0.1, 0.15) is 0 Å². The lowest BCUT2D eigenvalue weighted by Crippen LogP contribution is -2.33. The molecule has 1 atom stereocenters. The lowest BCUT2D eigenvalue weighted by atomic mass is 10.1. The molecule has 0 unspecified atom stereocenters. The number of amides is 1. The highest BCUT2D eigenvalue weighted by Gasteiger charge is 2.31. The largest absolute Gasteiger partial charge is 0.444 e. The molecule has 1 aliphatic carbocycles. The fourth-order valence-corrected chi connectivity index (χ4v) is 2.45. The third-order valence-corrected chi connectivity index (χ3v) is 3.91. The average Bonchev–Trinajstić information content (AvgIpc) is 3.44. The number of carbonyl (C=O) groups is 2. The Hall–Kier alpha value is -2.82. The van der Waals surface area contributed by atoms with E-state index in [2.05, 4.69) is 10.6 Å². The Morgan fingerprint density at radius 1 is 1.04 bits per heavy atom. The first-order chi connectivity index (χ1) is 11.7. The van der Waals surface area contributed by atoms with Gasteiger partial charge < -0.3 is 15.4 Å². The van der Waals surface area contributed by atoms with E-state index in [1.807, 2.05) is 24.3 Å². The molecule has 3 rings (SSSR count). The Morgan fingerprint density at radius 3 is 2.38 bits per heavy atom. The van der Waals surface area contributed by atoms with Gasteiger partial charge in [0.25, 0.3) is 5.91 Å². The van der Waals surface area contributed by atoms with Gasteiger partial charge in [-0.1, -0.05) is 42.5 Å². The maximum absolute atomic E-state index is 12.6. The fraction of sp³-hybridized carbons (Fsp3) is 0.263. The molecule has 0 bridgehead atoms. The van der Waals surface area contributed by atoms with Crippen LogP contribution in [0.5, 0.6) is 0 Å². The molecule has 124 valence electrons. The molecule has 0 saturated heterocycles. The minimum Gasteiger partial charge on any atom is -0.444 e. The van der Waals surface area contributed by atoms with E-state index < -0.39 is 12.1 Å². The molecule has 5 nitrogen and oxygen atoms in total. The van der Waals surface area contributed by atoms with Crippen LogP contribution >= 0.6 is 0 Å². The zero-order chi connectivity index (χ0) is 16.9. The number of carbonyl (C=O) groups excluding carboxylic acids is 2. The van der Waals surface area contributed by atoms with Gasteiger partial charge in [-0.2, -0.15) is 0 Å². The van der Waals surface area contributed by atoms with Crippen molar-refractivity contribution in [1.29, 1.82) is 0 Å². The Morgan fingerprint density at radius 2 is 1.71 bits per heavy atom. The van der Waals surface area contributed by atoms with Crippen molar-refractivity contribution in [2.75, 3.05) is 12.4 Å². The zero-order valence-corrected chi connectivity index (χ0v) is 13.5. The summed E-state index contributed by atoms with van der Waals surface area (Å²) >= 11 is 0. The summed E-state index contributed by atoms with van der Waals surface area (Å²) in [4.78, 5) is 25.1. The first-order valence-electron chi connectivity index (χ1n) is 8.02. The maximum atomic E-state index is 12.6. The average molecular weight is 324 g/mol. The first-order valence-corrected chi connectivity index (χ1v) is 8.02. The molecule has 1 saturated carbocycles. The molecule has 0 radical (unpaired) electrons. The Kier molecular flexibility index (Phi) is 4.79. The lowest BCUT2D eigenvalue weighted by Gasteiger charge is -2.19. The van der Waals surface area contributed by atoms with Crippen LogP contribution in [-0.4, -0.2) is 25.0 Å². The number of hydrogen-bond acceptors (Lipinski definition) is 4. The van der Waals surface area contributed by atoms with Crippen LogP contribution in [0, 0.1) is 0 Å². The number of para-hydroxylation sites is 1. The summed E-state index contributed by atoms with van der Waals surface area (Å²) in [6, 6.07) is 16.3. The lowest BCUT2D eigenvalue weighted by molar-refractivity contribution is -0.130. The van der Waals surface area contributed by atoms with E-state index in [1.54, 1.807) is 37.4 Å². The Labute approximate surface area is 141 Å². The Bertz CT molecular complexity index is 726. The zero-order valence-electron chi connectivity index (χ0n) is 13.5. The van der Waals surface area contributed by atoms with Crippen molar-refractivity contribution in [3.05, 3.63) is 65.7 Å². The van der Waals surface area contributed by atoms with Crippen molar-refractivity contribution < 1.29 is 14.3 Å². The molecule has 0 aliphatic heterocycles. The normalized spacial score (nSPS) is 14.5. The molecular weight excluding hydrogens is 304 g/mol. The third kappa shape index (κ3) is 3.74. The van der Waals surface area contributed by atoms with Crippen LogP contribution in [0.2, 0.25) is 0 Å². The second kappa shape index (κ2) is 7.17. The molecule has 0 spiro atoms. The molecule has 2 aromatic carbocycles. The van der Waals surface area contributed by atoms with Crippen molar-refractivity contribution >= 4 is 17.6 Å². The second-order valence-corrected chi connectivity index (χ2v) is 5.77. The molecule has 2 N–H and O–H groups in total. The highest BCUT2D eigenvalue weighted by Crippen LogP contribution is 2.25. The summed E-state index contributed by atoms with van der Waals surface area (Å²) in [5, 5.41) is 5.87. The number of benzene rings is 2. The number of ether oxygens (including phenoxy) is 1. The van der Waals surface area contributed by atoms with Crippen LogP contribution in [0.3, 0.4) is 0 Å². The van der Waals surface area contributed by atoms with Crippen LogP contribution in [0.1, 0.15) is 34.9 Å². The third-order valence-electron chi connectivity index (χ3n) is 3.91. The van der Waals surface area contributed by atoms with Gasteiger partial charge in [0.2, 0.25) is 6.10 Å². The van der Waals surface area contributed by atoms with E-state index in [0.717, 1.165) is 12.8 Å². The molecule has 5 heteroatoms. The van der Waals surface area contributed by atoms with Crippen molar-refractivity contribution in [3.63, 3.8) is 0 Å². The highest BCUT2D eigenvalue weighted by atomic mass is 16.5. The minimum absolute atomic E-state index is 0.201. The predicted octanol–water partition coefficient (Wildman–Crippen LogP) is 2.91. The van der Waals surface area contributed by atoms with Crippen molar-refractivity contribution in [1.82, 2.24) is 5.32 Å². The summed E-state index contributed by atoms with van der Waals surface area (Å²) in [5.74, 6) is -0.807. The number of anilines is 1. The van der Waals surface area contributed by atoms with Crippen molar-refractivity contribution in [2.45, 2.75) is 25.0 Å². The van der Waals surface area contributed by atoms with Crippen molar-refractivity contribution in [3.8, 4) is 0 Å². The summed E-state index contributed by atoms with van der Waals surface area (Å²) in [6.07, 6.45) is 0.998. The monoisotopic (exact) mass is 324 g/mol. The van der Waals surface area contributed by atoms with E-state index >= 15 is 0 Å². The van der Waals surface area contributed by atoms with Gasteiger partial charge >= 0.3 is 5.97 Å². The van der Waals surface area contributed by atoms with E-state index in [0.29, 0.717) is 16.8 Å². The topological polar surface area (TPSA) is 67.4 Å². The minimum atomic E-state index is -0.954. The molecule has 24 heavy (non-hydrogen) atoms. The fourth-order valence-electron chi connectivity index (χ4n) is 2.45. The SMILES string of the molecule is CNc1ccccc1C(=O)O[C@H](C(=O)NC1CC1)c1ccccc1. The van der Waals surface area contributed by atoms with Crippen molar-refractivity contribution in [2.24, 2.45) is 0 Å². The summed E-state index contributed by atoms with van der Waals surface area (Å²) in [6.45, 7) is 0. The standard InChI is InChI=1S/C19H20N2O3/c1-20-16-10-6-5-9-15(16)19(23)24-17(13-7-3-2-4-8-13)18(22)21-14-11-12-14/h2-10,14,17,20H,11-12H2,1H3,(H,21,22)/t17-/m0/s1. The van der Waals surface area contributed by atoms with Gasteiger partial charge in [0.15, 0.2) is 0 Å². The van der Waals surface area contributed by atoms with E-state index in [9.17, 15) is 9.59 Å². The van der Waals surface area contributed by atoms with Gasteiger partial charge in [-0.3, -0.25) is 4.79 Å². The molecule has 1 fully saturated rings. The molecular formula is C19H20N2O3. The number of nitrogens with one attached hydrogen (secondary N) is 2. The maximum Gasteiger partial charge on any atom is 0.341 e. The van der Waals surface area contributed by atoms with E-state index in [4.69, 9.17) is 4.74 Å². The van der Waals surface area contributed by atoms with Crippen LogP contribution < -0.4 is 10.6 Å². The van der Waals surface area contributed by atoms with Gasteiger partial charge in [-0.25, -0.2) is 4.79 Å². The van der Waals surface area contributed by atoms with Gasteiger partial charge in [-0.05, 0) is 25.0 Å². The summed E-state index contributed by atoms with van der Waals surface area (Å²) < 4.78 is 5.56. The summed E-state index contributed by atoms with van der Waals surface area (Å²) in [5.41, 5.74) is 1.73. The molecule has 0 aromatic heterocycles. The predicted molar refractivity (Wildman–Crippen MR) is 91.8 cm³/mol. The smallest absolute Gasteiger partial charge is 0.341 e. The van der Waals surface area contributed by atoms with Crippen LogP contribution in [0.4, 0.5) is 5.69 Å². The molecule has 1 aliphatic rings. The van der Waals surface area contributed by atoms with Gasteiger partial charge in [0, 0.05) is 24.3 Å². The van der Waals surface area contributed by atoms with E-state index in [-0.39, 0.29) is 11.9 Å². The van der Waals surface area contributed by atoms with Crippen LogP contribution in [-0.2, 0) is 9.53 Å². The quantitative estimate of drug-likeness (QED) is 0.802. The second-order valence-electron chi connectivity index (χ2n) is 5.77. The molecule has 2 aromatic rings. The first kappa shape index (κ1) is 16.1. The number of rotatable bonds is 6. The number of hydrogen-bond donors (Lipinski definition) is 2. The van der Waals surface area contributed by atoms with E-state index in [1.165, 1.54) is 0 Å². The summed E-state index contributed by atoms with van der Waals surface area (Å²) in [7, 11) is 1.74. The molecule has 0 heterocycles. The van der Waals surface area contributed by atoms with Gasteiger partial charge in [0.05, 0.1) is 5.56 Å². The Balaban J connectivity index is 1.83. The van der Waals surface area contributed by atoms with Crippen LogP contribution in [0.25, 0.3) is 0 Å².